The quantitative estimate of drug-likeness (QED) is 0.608. The number of hydrogen-bond acceptors (Lipinski definition) is 8. The summed E-state index contributed by atoms with van der Waals surface area (Å²) in [5.74, 6) is -1.45. The molecule has 0 unspecified atom stereocenters. The summed E-state index contributed by atoms with van der Waals surface area (Å²) in [6.45, 7) is 5.18. The van der Waals surface area contributed by atoms with Gasteiger partial charge in [0.2, 0.25) is 11.8 Å². The zero-order chi connectivity index (χ0) is 18.6. The molecule has 0 aromatic carbocycles. The number of anilines is 1. The van der Waals surface area contributed by atoms with E-state index in [0.29, 0.717) is 4.73 Å². The normalized spacial score (nSPS) is 10.8. The summed E-state index contributed by atoms with van der Waals surface area (Å²) in [6.07, 6.45) is 0.510. The van der Waals surface area contributed by atoms with E-state index in [2.05, 4.69) is 15.8 Å². The van der Waals surface area contributed by atoms with Crippen LogP contribution < -0.4 is 15.7 Å². The van der Waals surface area contributed by atoms with Crippen molar-refractivity contribution < 1.29 is 29.4 Å². The first-order valence-corrected chi connectivity index (χ1v) is 7.19. The van der Waals surface area contributed by atoms with Gasteiger partial charge in [0.05, 0.1) is 5.56 Å². The average Bonchev–Trinajstić information content (AvgIpc) is 2.83. The van der Waals surface area contributed by atoms with Gasteiger partial charge in [0.15, 0.2) is 0 Å². The lowest BCUT2D eigenvalue weighted by Gasteiger charge is -2.19. The van der Waals surface area contributed by atoms with Crippen LogP contribution in [-0.4, -0.2) is 37.6 Å². The standard InChI is InChI=1S/C15H18N4O6/c1-15(2,3)24-14(23)18-17-10-5-4-9(8-16-10)13(22)25-19-11(20)6-7-12(19)21/h4-8,20-21H,1-3H3,(H,16,17)(H,18,23). The minimum absolute atomic E-state index is 0.0651. The summed E-state index contributed by atoms with van der Waals surface area (Å²) >= 11 is 0. The number of hydrazine groups is 1. The fraction of sp³-hybridized carbons (Fsp3) is 0.267. The van der Waals surface area contributed by atoms with E-state index in [1.54, 1.807) is 20.8 Å². The van der Waals surface area contributed by atoms with Crippen molar-refractivity contribution in [2.45, 2.75) is 26.4 Å². The maximum Gasteiger partial charge on any atom is 0.426 e. The lowest BCUT2D eigenvalue weighted by atomic mass is 10.2. The Morgan fingerprint density at radius 2 is 1.76 bits per heavy atom. The number of pyridine rings is 1. The van der Waals surface area contributed by atoms with Gasteiger partial charge in [0.1, 0.15) is 11.4 Å². The molecule has 0 atom stereocenters. The van der Waals surface area contributed by atoms with Gasteiger partial charge >= 0.3 is 12.1 Å². The summed E-state index contributed by atoms with van der Waals surface area (Å²) in [5, 5.41) is 18.8. The first-order chi connectivity index (χ1) is 11.7. The Bertz CT molecular complexity index is 744. The highest BCUT2D eigenvalue weighted by Gasteiger charge is 2.17. The lowest BCUT2D eigenvalue weighted by Crippen LogP contribution is -2.36. The largest absolute Gasteiger partial charge is 0.492 e. The second kappa shape index (κ2) is 6.99. The molecule has 0 saturated heterocycles. The van der Waals surface area contributed by atoms with E-state index >= 15 is 0 Å². The van der Waals surface area contributed by atoms with Crippen LogP contribution in [0.25, 0.3) is 0 Å². The molecule has 0 fully saturated rings. The Hall–Kier alpha value is -3.43. The Labute approximate surface area is 142 Å². The van der Waals surface area contributed by atoms with Crippen LogP contribution in [0.1, 0.15) is 31.1 Å². The third-order valence-corrected chi connectivity index (χ3v) is 2.66. The van der Waals surface area contributed by atoms with Gasteiger partial charge in [0, 0.05) is 18.3 Å². The molecule has 2 aromatic heterocycles. The maximum absolute atomic E-state index is 11.9. The number of nitrogens with one attached hydrogen (secondary N) is 2. The van der Waals surface area contributed by atoms with Crippen molar-refractivity contribution in [1.29, 1.82) is 0 Å². The average molecular weight is 350 g/mol. The molecular weight excluding hydrogens is 332 g/mol. The number of nitrogens with zero attached hydrogens (tertiary/aromatic N) is 2. The highest BCUT2D eigenvalue weighted by molar-refractivity contribution is 5.89. The molecule has 0 spiro atoms. The fourth-order valence-corrected chi connectivity index (χ4v) is 1.64. The molecule has 4 N–H and O–H groups in total. The zero-order valence-corrected chi connectivity index (χ0v) is 13.8. The van der Waals surface area contributed by atoms with Crippen LogP contribution in [0.4, 0.5) is 10.6 Å². The highest BCUT2D eigenvalue weighted by atomic mass is 16.7. The van der Waals surface area contributed by atoms with Crippen LogP contribution in [0.15, 0.2) is 30.5 Å². The number of carbonyl (C=O) groups excluding carboxylic acids is 2. The molecule has 0 bridgehead atoms. The van der Waals surface area contributed by atoms with Crippen LogP contribution in [0.5, 0.6) is 11.8 Å². The molecule has 134 valence electrons. The molecule has 0 aliphatic heterocycles. The minimum atomic E-state index is -0.846. The number of aromatic hydroxyl groups is 2. The van der Waals surface area contributed by atoms with Gasteiger partial charge < -0.3 is 19.8 Å². The number of aromatic nitrogens is 2. The smallest absolute Gasteiger partial charge is 0.426 e. The second-order valence-corrected chi connectivity index (χ2v) is 5.91. The van der Waals surface area contributed by atoms with Gasteiger partial charge in [-0.1, -0.05) is 0 Å². The van der Waals surface area contributed by atoms with Crippen molar-refractivity contribution in [1.82, 2.24) is 15.1 Å². The molecule has 2 aromatic rings. The maximum atomic E-state index is 11.9. The van der Waals surface area contributed by atoms with Crippen molar-refractivity contribution in [3.63, 3.8) is 0 Å². The molecule has 1 amide bonds. The topological polar surface area (TPSA) is 135 Å². The third-order valence-electron chi connectivity index (χ3n) is 2.66. The van der Waals surface area contributed by atoms with Gasteiger partial charge in [-0.25, -0.2) is 20.0 Å². The van der Waals surface area contributed by atoms with Crippen LogP contribution in [0, 0.1) is 0 Å². The number of ether oxygens (including phenoxy) is 1. The van der Waals surface area contributed by atoms with E-state index < -0.39 is 29.4 Å². The second-order valence-electron chi connectivity index (χ2n) is 5.91. The Morgan fingerprint density at radius 1 is 1.12 bits per heavy atom. The molecule has 0 radical (unpaired) electrons. The summed E-state index contributed by atoms with van der Waals surface area (Å²) in [7, 11) is 0. The van der Waals surface area contributed by atoms with E-state index in [-0.39, 0.29) is 11.4 Å². The van der Waals surface area contributed by atoms with E-state index in [4.69, 9.17) is 9.57 Å². The van der Waals surface area contributed by atoms with Crippen LogP contribution >= 0.6 is 0 Å². The lowest BCUT2D eigenvalue weighted by molar-refractivity contribution is 0.0381. The molecule has 0 aliphatic carbocycles. The summed E-state index contributed by atoms with van der Waals surface area (Å²) in [4.78, 5) is 32.2. The molecule has 0 aliphatic rings. The van der Waals surface area contributed by atoms with Crippen molar-refractivity contribution in [3.8, 4) is 11.8 Å². The molecular formula is C15H18N4O6. The number of carbonyl (C=O) groups is 2. The number of rotatable bonds is 4. The van der Waals surface area contributed by atoms with Gasteiger partial charge in [-0.3, -0.25) is 5.43 Å². The molecule has 10 heteroatoms. The first-order valence-electron chi connectivity index (χ1n) is 7.19. The van der Waals surface area contributed by atoms with E-state index in [1.165, 1.54) is 18.3 Å². The van der Waals surface area contributed by atoms with Crippen molar-refractivity contribution in [2.24, 2.45) is 0 Å². The van der Waals surface area contributed by atoms with Gasteiger partial charge in [-0.2, -0.15) is 0 Å². The number of amides is 1. The predicted molar refractivity (Wildman–Crippen MR) is 85.9 cm³/mol. The van der Waals surface area contributed by atoms with Gasteiger partial charge in [-0.05, 0) is 32.9 Å². The van der Waals surface area contributed by atoms with Crippen molar-refractivity contribution >= 4 is 17.9 Å². The number of hydrogen-bond donors (Lipinski definition) is 4. The summed E-state index contributed by atoms with van der Waals surface area (Å²) < 4.78 is 5.61. The molecule has 10 nitrogen and oxygen atoms in total. The van der Waals surface area contributed by atoms with E-state index in [9.17, 15) is 19.8 Å². The molecule has 25 heavy (non-hydrogen) atoms. The van der Waals surface area contributed by atoms with Crippen LogP contribution in [0.2, 0.25) is 0 Å². The Balaban J connectivity index is 1.93. The van der Waals surface area contributed by atoms with Crippen molar-refractivity contribution in [3.05, 3.63) is 36.0 Å². The summed E-state index contributed by atoms with van der Waals surface area (Å²) in [5.41, 5.74) is 4.25. The minimum Gasteiger partial charge on any atom is -0.492 e. The Kier molecular flexibility index (Phi) is 5.01. The van der Waals surface area contributed by atoms with Gasteiger partial charge in [0.25, 0.3) is 0 Å². The van der Waals surface area contributed by atoms with Gasteiger partial charge in [-0.15, -0.1) is 4.73 Å². The van der Waals surface area contributed by atoms with E-state index in [1.807, 2.05) is 0 Å². The summed E-state index contributed by atoms with van der Waals surface area (Å²) in [6, 6.07) is 5.13. The molecule has 2 rings (SSSR count). The van der Waals surface area contributed by atoms with Crippen LogP contribution in [-0.2, 0) is 4.74 Å². The third kappa shape index (κ3) is 5.03. The zero-order valence-electron chi connectivity index (χ0n) is 13.8. The molecule has 0 saturated carbocycles. The fourth-order valence-electron chi connectivity index (χ4n) is 1.64. The van der Waals surface area contributed by atoms with E-state index in [0.717, 1.165) is 12.1 Å². The van der Waals surface area contributed by atoms with Crippen molar-refractivity contribution in [2.75, 3.05) is 5.43 Å². The Morgan fingerprint density at radius 3 is 2.28 bits per heavy atom. The highest BCUT2D eigenvalue weighted by Crippen LogP contribution is 2.19. The monoisotopic (exact) mass is 350 g/mol. The van der Waals surface area contributed by atoms with Crippen LogP contribution in [0.3, 0.4) is 0 Å². The SMILES string of the molecule is CC(C)(C)OC(=O)NNc1ccc(C(=O)On2c(O)ccc2O)cn1. The molecule has 2 heterocycles. The first kappa shape index (κ1) is 17.9. The predicted octanol–water partition coefficient (Wildman–Crippen LogP) is 1.41.